The van der Waals surface area contributed by atoms with Gasteiger partial charge in [-0.2, -0.15) is 0 Å². The summed E-state index contributed by atoms with van der Waals surface area (Å²) in [5.74, 6) is -2.17. The van der Waals surface area contributed by atoms with Crippen LogP contribution in [0.5, 0.6) is 0 Å². The van der Waals surface area contributed by atoms with Crippen LogP contribution in [0.1, 0.15) is 40.5 Å². The first-order valence-corrected chi connectivity index (χ1v) is 6.23. The normalized spacial score (nSPS) is 16.2. The molecule has 102 valence electrons. The van der Waals surface area contributed by atoms with Crippen molar-refractivity contribution in [2.45, 2.75) is 40.5 Å². The quantitative estimate of drug-likeness (QED) is 0.540. The molecule has 0 bridgehead atoms. The molecule has 0 aliphatic heterocycles. The molecule has 2 atom stereocenters. The molecule has 0 saturated heterocycles. The Balaban J connectivity index is 5.33. The molecule has 0 aromatic rings. The van der Waals surface area contributed by atoms with Gasteiger partial charge in [0.05, 0.1) is 0 Å². The van der Waals surface area contributed by atoms with Crippen molar-refractivity contribution in [3.05, 3.63) is 23.3 Å². The van der Waals surface area contributed by atoms with E-state index in [9.17, 15) is 9.59 Å². The van der Waals surface area contributed by atoms with Gasteiger partial charge in [0.2, 0.25) is 0 Å². The monoisotopic (exact) mass is 254 g/mol. The fourth-order valence-corrected chi connectivity index (χ4v) is 1.51. The lowest BCUT2D eigenvalue weighted by Crippen LogP contribution is -2.11. The molecular weight excluding hydrogens is 232 g/mol. The summed E-state index contributed by atoms with van der Waals surface area (Å²) < 4.78 is 0. The van der Waals surface area contributed by atoms with Crippen molar-refractivity contribution in [1.82, 2.24) is 0 Å². The van der Waals surface area contributed by atoms with E-state index in [-0.39, 0.29) is 23.0 Å². The highest BCUT2D eigenvalue weighted by Gasteiger charge is 2.16. The standard InChI is InChI=1S/C14H22O4/c1-5-9(3)11(13(15)16)7-8-12(14(17)18)10(4)6-2/h7-10H,5-6H2,1-4H3,(H,15,16)(H,17,18)/b11-7-,12-8-. The van der Waals surface area contributed by atoms with Crippen LogP contribution in [-0.4, -0.2) is 22.2 Å². The first kappa shape index (κ1) is 16.4. The van der Waals surface area contributed by atoms with Gasteiger partial charge in [0.25, 0.3) is 0 Å². The van der Waals surface area contributed by atoms with Crippen molar-refractivity contribution in [1.29, 1.82) is 0 Å². The van der Waals surface area contributed by atoms with Gasteiger partial charge in [0.15, 0.2) is 0 Å². The highest BCUT2D eigenvalue weighted by Crippen LogP contribution is 2.18. The average Bonchev–Trinajstić information content (AvgIpc) is 2.31. The van der Waals surface area contributed by atoms with Crippen molar-refractivity contribution < 1.29 is 19.8 Å². The summed E-state index contributed by atoms with van der Waals surface area (Å²) in [5, 5.41) is 18.2. The molecule has 0 saturated carbocycles. The van der Waals surface area contributed by atoms with Crippen LogP contribution in [0.2, 0.25) is 0 Å². The smallest absolute Gasteiger partial charge is 0.331 e. The van der Waals surface area contributed by atoms with Crippen LogP contribution in [0.25, 0.3) is 0 Å². The van der Waals surface area contributed by atoms with Crippen LogP contribution < -0.4 is 0 Å². The fourth-order valence-electron chi connectivity index (χ4n) is 1.51. The Labute approximate surface area is 108 Å². The molecule has 0 heterocycles. The van der Waals surface area contributed by atoms with Crippen molar-refractivity contribution in [2.75, 3.05) is 0 Å². The third-order valence-electron chi connectivity index (χ3n) is 3.22. The summed E-state index contributed by atoms with van der Waals surface area (Å²) in [4.78, 5) is 22.2. The van der Waals surface area contributed by atoms with Crippen LogP contribution in [-0.2, 0) is 9.59 Å². The second-order valence-electron chi connectivity index (χ2n) is 4.47. The Hall–Kier alpha value is -1.58. The molecule has 4 nitrogen and oxygen atoms in total. The van der Waals surface area contributed by atoms with Gasteiger partial charge in [-0.3, -0.25) is 0 Å². The fraction of sp³-hybridized carbons (Fsp3) is 0.571. The van der Waals surface area contributed by atoms with Gasteiger partial charge < -0.3 is 10.2 Å². The second-order valence-corrected chi connectivity index (χ2v) is 4.47. The molecule has 0 aromatic heterocycles. The number of rotatable bonds is 7. The molecule has 4 heteroatoms. The van der Waals surface area contributed by atoms with E-state index in [1.54, 1.807) is 0 Å². The number of aliphatic carboxylic acids is 2. The molecule has 18 heavy (non-hydrogen) atoms. The number of carboxylic acids is 2. The molecule has 0 spiro atoms. The zero-order valence-corrected chi connectivity index (χ0v) is 11.4. The highest BCUT2D eigenvalue weighted by atomic mass is 16.4. The van der Waals surface area contributed by atoms with Gasteiger partial charge in [-0.1, -0.05) is 39.8 Å². The Bertz CT molecular complexity index is 330. The van der Waals surface area contributed by atoms with E-state index in [0.29, 0.717) is 12.8 Å². The number of hydrogen-bond acceptors (Lipinski definition) is 2. The zero-order valence-electron chi connectivity index (χ0n) is 11.4. The largest absolute Gasteiger partial charge is 0.478 e. The third kappa shape index (κ3) is 4.73. The number of allylic oxidation sites excluding steroid dienone is 2. The van der Waals surface area contributed by atoms with Gasteiger partial charge in [-0.25, -0.2) is 9.59 Å². The maximum Gasteiger partial charge on any atom is 0.331 e. The first-order chi connectivity index (χ1) is 8.34. The molecular formula is C14H22O4. The number of carboxylic acid groups (broad SMARTS) is 2. The minimum absolute atomic E-state index is 0.0919. The van der Waals surface area contributed by atoms with Gasteiger partial charge in [0, 0.05) is 11.1 Å². The Morgan fingerprint density at radius 1 is 0.889 bits per heavy atom. The van der Waals surface area contributed by atoms with Crippen LogP contribution in [0.4, 0.5) is 0 Å². The van der Waals surface area contributed by atoms with E-state index in [0.717, 1.165) is 0 Å². The van der Waals surface area contributed by atoms with Crippen LogP contribution >= 0.6 is 0 Å². The molecule has 0 aromatic carbocycles. The average molecular weight is 254 g/mol. The van der Waals surface area contributed by atoms with E-state index in [1.165, 1.54) is 12.2 Å². The summed E-state index contributed by atoms with van der Waals surface area (Å²) in [6.45, 7) is 7.44. The number of hydrogen-bond donors (Lipinski definition) is 2. The zero-order chi connectivity index (χ0) is 14.3. The van der Waals surface area contributed by atoms with Gasteiger partial charge in [-0.15, -0.1) is 0 Å². The van der Waals surface area contributed by atoms with Crippen LogP contribution in [0, 0.1) is 11.8 Å². The van der Waals surface area contributed by atoms with Crippen molar-refractivity contribution in [3.8, 4) is 0 Å². The molecule has 2 unspecified atom stereocenters. The lowest BCUT2D eigenvalue weighted by atomic mass is 9.94. The van der Waals surface area contributed by atoms with Crippen molar-refractivity contribution >= 4 is 11.9 Å². The molecule has 0 amide bonds. The first-order valence-electron chi connectivity index (χ1n) is 6.23. The Morgan fingerprint density at radius 3 is 1.33 bits per heavy atom. The maximum absolute atomic E-state index is 11.1. The Morgan fingerprint density at radius 2 is 1.17 bits per heavy atom. The predicted molar refractivity (Wildman–Crippen MR) is 70.3 cm³/mol. The Kier molecular flexibility index (Phi) is 7.01. The van der Waals surface area contributed by atoms with Crippen molar-refractivity contribution in [2.24, 2.45) is 11.8 Å². The summed E-state index contributed by atoms with van der Waals surface area (Å²) in [7, 11) is 0. The highest BCUT2D eigenvalue weighted by molar-refractivity contribution is 5.90. The van der Waals surface area contributed by atoms with Crippen LogP contribution in [0.3, 0.4) is 0 Å². The van der Waals surface area contributed by atoms with Gasteiger partial charge in [0.1, 0.15) is 0 Å². The van der Waals surface area contributed by atoms with Crippen molar-refractivity contribution in [3.63, 3.8) is 0 Å². The second kappa shape index (κ2) is 7.69. The summed E-state index contributed by atoms with van der Waals surface area (Å²) in [6.07, 6.45) is 4.26. The predicted octanol–water partition coefficient (Wildman–Crippen LogP) is 3.10. The minimum atomic E-state index is -0.991. The summed E-state index contributed by atoms with van der Waals surface area (Å²) in [5.41, 5.74) is 0.499. The molecule has 0 aliphatic rings. The molecule has 0 rings (SSSR count). The summed E-state index contributed by atoms with van der Waals surface area (Å²) in [6, 6.07) is 0. The molecule has 0 radical (unpaired) electrons. The minimum Gasteiger partial charge on any atom is -0.478 e. The lowest BCUT2D eigenvalue weighted by Gasteiger charge is -2.11. The van der Waals surface area contributed by atoms with Gasteiger partial charge in [-0.05, 0) is 24.7 Å². The summed E-state index contributed by atoms with van der Waals surface area (Å²) >= 11 is 0. The third-order valence-corrected chi connectivity index (χ3v) is 3.22. The number of carbonyl (C=O) groups is 2. The van der Waals surface area contributed by atoms with E-state index >= 15 is 0 Å². The van der Waals surface area contributed by atoms with E-state index in [2.05, 4.69) is 0 Å². The molecule has 0 aliphatic carbocycles. The van der Waals surface area contributed by atoms with E-state index < -0.39 is 11.9 Å². The maximum atomic E-state index is 11.1. The molecule has 0 fully saturated rings. The lowest BCUT2D eigenvalue weighted by molar-refractivity contribution is -0.134. The SMILES string of the molecule is CCC(C)/C(=C/C=C(\C(=O)O)C(C)CC)C(=O)O. The van der Waals surface area contributed by atoms with E-state index in [1.807, 2.05) is 27.7 Å². The topological polar surface area (TPSA) is 74.6 Å². The molecule has 2 N–H and O–H groups in total. The van der Waals surface area contributed by atoms with Gasteiger partial charge >= 0.3 is 11.9 Å². The van der Waals surface area contributed by atoms with E-state index in [4.69, 9.17) is 10.2 Å². The van der Waals surface area contributed by atoms with Crippen LogP contribution in [0.15, 0.2) is 23.3 Å².